The number of amides is 1. The second-order valence-electron chi connectivity index (χ2n) is 9.92. The van der Waals surface area contributed by atoms with Gasteiger partial charge in [-0.15, -0.1) is 11.3 Å². The van der Waals surface area contributed by atoms with Gasteiger partial charge in [-0.05, 0) is 102 Å². The molecule has 0 spiro atoms. The quantitative estimate of drug-likeness (QED) is 0.439. The summed E-state index contributed by atoms with van der Waals surface area (Å²) in [4.78, 5) is 29.2. The number of aliphatic hydroxyl groups is 1. The molecule has 2 fully saturated rings. The van der Waals surface area contributed by atoms with Crippen molar-refractivity contribution >= 4 is 40.2 Å². The molecule has 0 aliphatic heterocycles. The average molecular weight is 489 g/mol. The standard InChI is InChI=1S/C25H34N2O3S.C2H6O/c1-16-7-9-18(10-8-16)24(28)27(20-13-11-19(26)12-14-20)21-15-22(31-23(21)25(29)30)17-5-3-2-4-6-17;1-2-3/h5,15-16,18,20,26H,2-4,6-14H2,1H3,(H,29,30);3H,2H2,1H3. The number of nitrogens with one attached hydrogen (secondary N) is 1. The van der Waals surface area contributed by atoms with Crippen LogP contribution in [0.25, 0.3) is 5.57 Å². The van der Waals surface area contributed by atoms with E-state index in [1.165, 1.54) is 23.3 Å². The molecule has 1 aromatic heterocycles. The van der Waals surface area contributed by atoms with Crippen molar-refractivity contribution in [2.45, 2.75) is 96.9 Å². The van der Waals surface area contributed by atoms with E-state index in [9.17, 15) is 14.7 Å². The van der Waals surface area contributed by atoms with Crippen molar-refractivity contribution in [3.63, 3.8) is 0 Å². The first-order chi connectivity index (χ1) is 16.3. The highest BCUT2D eigenvalue weighted by Gasteiger charge is 2.37. The van der Waals surface area contributed by atoms with Crippen LogP contribution >= 0.6 is 11.3 Å². The number of aliphatic hydroxyl groups excluding tert-OH is 1. The summed E-state index contributed by atoms with van der Waals surface area (Å²) in [6.07, 6.45) is 13.4. The summed E-state index contributed by atoms with van der Waals surface area (Å²) in [5.74, 6) is -0.194. The van der Waals surface area contributed by atoms with Crippen molar-refractivity contribution in [1.29, 1.82) is 5.41 Å². The molecule has 188 valence electrons. The summed E-state index contributed by atoms with van der Waals surface area (Å²) in [5.41, 5.74) is 2.57. The molecule has 1 aromatic rings. The number of carboxylic acids is 1. The lowest BCUT2D eigenvalue weighted by atomic mass is 9.81. The zero-order valence-corrected chi connectivity index (χ0v) is 21.5. The van der Waals surface area contributed by atoms with Crippen molar-refractivity contribution < 1.29 is 19.8 Å². The van der Waals surface area contributed by atoms with Crippen molar-refractivity contribution in [2.24, 2.45) is 11.8 Å². The predicted molar refractivity (Wildman–Crippen MR) is 139 cm³/mol. The molecular weight excluding hydrogens is 448 g/mol. The van der Waals surface area contributed by atoms with Gasteiger partial charge in [0.15, 0.2) is 0 Å². The largest absolute Gasteiger partial charge is 0.477 e. The van der Waals surface area contributed by atoms with E-state index in [4.69, 9.17) is 10.5 Å². The van der Waals surface area contributed by atoms with E-state index in [1.807, 2.05) is 11.0 Å². The number of nitrogens with zero attached hydrogens (tertiary/aromatic N) is 1. The van der Waals surface area contributed by atoms with Gasteiger partial charge in [-0.3, -0.25) is 4.79 Å². The third kappa shape index (κ3) is 6.57. The minimum Gasteiger partial charge on any atom is -0.477 e. The number of hydrogen-bond acceptors (Lipinski definition) is 5. The Morgan fingerprint density at radius 2 is 1.74 bits per heavy atom. The van der Waals surface area contributed by atoms with Crippen molar-refractivity contribution in [3.8, 4) is 0 Å². The highest BCUT2D eigenvalue weighted by Crippen LogP contribution is 2.41. The van der Waals surface area contributed by atoms with Gasteiger partial charge in [-0.25, -0.2) is 4.79 Å². The monoisotopic (exact) mass is 488 g/mol. The number of rotatable bonds is 5. The topological polar surface area (TPSA) is 102 Å². The van der Waals surface area contributed by atoms with E-state index < -0.39 is 5.97 Å². The van der Waals surface area contributed by atoms with Gasteiger partial charge < -0.3 is 20.5 Å². The Morgan fingerprint density at radius 1 is 1.09 bits per heavy atom. The van der Waals surface area contributed by atoms with Crippen LogP contribution in [0.3, 0.4) is 0 Å². The van der Waals surface area contributed by atoms with Crippen LogP contribution in [0.15, 0.2) is 12.1 Å². The van der Waals surface area contributed by atoms with Crippen LogP contribution in [0.5, 0.6) is 0 Å². The number of hydrogen-bond donors (Lipinski definition) is 3. The van der Waals surface area contributed by atoms with E-state index in [0.29, 0.717) is 29.3 Å². The molecule has 1 heterocycles. The zero-order valence-electron chi connectivity index (χ0n) is 20.6. The number of carbonyl (C=O) groups is 2. The first kappa shape index (κ1) is 26.6. The molecule has 0 unspecified atom stereocenters. The molecule has 2 saturated carbocycles. The summed E-state index contributed by atoms with van der Waals surface area (Å²) >= 11 is 1.33. The third-order valence-electron chi connectivity index (χ3n) is 7.30. The van der Waals surface area contributed by atoms with Gasteiger partial charge in [0.25, 0.3) is 0 Å². The average Bonchev–Trinajstić information content (AvgIpc) is 3.27. The minimum atomic E-state index is -0.943. The molecule has 0 atom stereocenters. The molecule has 0 bridgehead atoms. The number of carboxylic acid groups (broad SMARTS) is 1. The van der Waals surface area contributed by atoms with Gasteiger partial charge in [0.05, 0.1) is 5.69 Å². The third-order valence-corrected chi connectivity index (χ3v) is 8.49. The molecule has 0 saturated heterocycles. The molecule has 3 aliphatic carbocycles. The fourth-order valence-corrected chi connectivity index (χ4v) is 6.40. The summed E-state index contributed by atoms with van der Waals surface area (Å²) in [7, 11) is 0. The maximum absolute atomic E-state index is 13.8. The number of carbonyl (C=O) groups excluding carboxylic acids is 1. The number of anilines is 1. The molecule has 3 aliphatic rings. The Bertz CT molecular complexity index is 888. The highest BCUT2D eigenvalue weighted by atomic mass is 32.1. The number of aromatic carboxylic acids is 1. The van der Waals surface area contributed by atoms with Crippen LogP contribution in [0.1, 0.15) is 105 Å². The Hall–Kier alpha value is -1.99. The highest BCUT2D eigenvalue weighted by molar-refractivity contribution is 7.15. The van der Waals surface area contributed by atoms with Crippen LogP contribution < -0.4 is 4.90 Å². The van der Waals surface area contributed by atoms with Crippen LogP contribution in [0, 0.1) is 17.2 Å². The Morgan fingerprint density at radius 3 is 2.29 bits per heavy atom. The van der Waals surface area contributed by atoms with Gasteiger partial charge in [0, 0.05) is 29.2 Å². The molecule has 1 amide bonds. The Labute approximate surface area is 207 Å². The molecule has 7 heteroatoms. The molecule has 0 radical (unpaired) electrons. The molecule has 0 aromatic carbocycles. The molecule has 4 rings (SSSR count). The summed E-state index contributed by atoms with van der Waals surface area (Å²) in [6, 6.07) is 1.97. The van der Waals surface area contributed by atoms with Crippen molar-refractivity contribution in [3.05, 3.63) is 21.9 Å². The predicted octanol–water partition coefficient (Wildman–Crippen LogP) is 6.52. The lowest BCUT2D eigenvalue weighted by Gasteiger charge is -2.38. The van der Waals surface area contributed by atoms with Crippen LogP contribution in [-0.2, 0) is 4.79 Å². The van der Waals surface area contributed by atoms with Gasteiger partial charge in [-0.1, -0.05) is 13.0 Å². The maximum Gasteiger partial charge on any atom is 0.348 e. The van der Waals surface area contributed by atoms with Crippen LogP contribution in [-0.4, -0.2) is 40.4 Å². The van der Waals surface area contributed by atoms with E-state index in [2.05, 4.69) is 13.0 Å². The van der Waals surface area contributed by atoms with Gasteiger partial charge >= 0.3 is 5.97 Å². The van der Waals surface area contributed by atoms with E-state index >= 15 is 0 Å². The van der Waals surface area contributed by atoms with E-state index in [-0.39, 0.29) is 24.5 Å². The second kappa shape index (κ2) is 12.6. The first-order valence-electron chi connectivity index (χ1n) is 12.9. The number of allylic oxidation sites excluding steroid dienone is 2. The van der Waals surface area contributed by atoms with Gasteiger partial charge in [0.1, 0.15) is 4.88 Å². The molecule has 3 N–H and O–H groups in total. The lowest BCUT2D eigenvalue weighted by Crippen LogP contribution is -2.46. The normalized spacial score (nSPS) is 25.1. The summed E-state index contributed by atoms with van der Waals surface area (Å²) in [5, 5.41) is 25.6. The van der Waals surface area contributed by atoms with Crippen molar-refractivity contribution in [1.82, 2.24) is 0 Å². The summed E-state index contributed by atoms with van der Waals surface area (Å²) in [6.45, 7) is 4.18. The lowest BCUT2D eigenvalue weighted by molar-refractivity contribution is -0.124. The molecular formula is C27H40N2O4S. The second-order valence-corrected chi connectivity index (χ2v) is 11.0. The fraction of sp³-hybridized carbons (Fsp3) is 0.667. The summed E-state index contributed by atoms with van der Waals surface area (Å²) < 4.78 is 0. The minimum absolute atomic E-state index is 0.0122. The van der Waals surface area contributed by atoms with Crippen molar-refractivity contribution in [2.75, 3.05) is 11.5 Å². The first-order valence-corrected chi connectivity index (χ1v) is 13.7. The van der Waals surface area contributed by atoms with Gasteiger partial charge in [0.2, 0.25) is 5.91 Å². The Kier molecular flexibility index (Phi) is 9.89. The molecule has 34 heavy (non-hydrogen) atoms. The van der Waals surface area contributed by atoms with Gasteiger partial charge in [-0.2, -0.15) is 0 Å². The maximum atomic E-state index is 13.8. The zero-order chi connectivity index (χ0) is 24.7. The smallest absolute Gasteiger partial charge is 0.348 e. The van der Waals surface area contributed by atoms with E-state index in [0.717, 1.165) is 68.4 Å². The fourth-order valence-electron chi connectivity index (χ4n) is 5.34. The van der Waals surface area contributed by atoms with Crippen LogP contribution in [0.2, 0.25) is 0 Å². The Balaban J connectivity index is 0.00000103. The van der Waals surface area contributed by atoms with Crippen LogP contribution in [0.4, 0.5) is 5.69 Å². The molecule has 6 nitrogen and oxygen atoms in total. The number of thiophene rings is 1. The van der Waals surface area contributed by atoms with E-state index in [1.54, 1.807) is 6.92 Å². The SMILES string of the molecule is CC1CCC(C(=O)N(c2cc(C3=CCCCC3)sc2C(=O)O)C2CCC(=N)CC2)CC1.CCO.